The van der Waals surface area contributed by atoms with Crippen LogP contribution in [0.15, 0.2) is 18.5 Å². The van der Waals surface area contributed by atoms with Crippen LogP contribution in [-0.2, 0) is 5.41 Å². The fourth-order valence-electron chi connectivity index (χ4n) is 1.68. The van der Waals surface area contributed by atoms with Gasteiger partial charge in [-0.25, -0.2) is 0 Å². The molecule has 1 aromatic rings. The third kappa shape index (κ3) is 3.65. The Balaban J connectivity index is 2.54. The monoisotopic (exact) mass is 224 g/mol. The molecule has 16 heavy (non-hydrogen) atoms. The first-order valence-corrected chi connectivity index (χ1v) is 5.86. The van der Waals surface area contributed by atoms with Crippen LogP contribution in [0.2, 0.25) is 0 Å². The van der Waals surface area contributed by atoms with Gasteiger partial charge in [0.05, 0.1) is 0 Å². The number of aliphatic hydroxyl groups excluding tert-OH is 1. The maximum Gasteiger partial charge on any atom is 0.0448 e. The van der Waals surface area contributed by atoms with Crippen molar-refractivity contribution in [3.63, 3.8) is 0 Å². The summed E-state index contributed by atoms with van der Waals surface area (Å²) in [7, 11) is 0. The van der Waals surface area contributed by atoms with Crippen molar-refractivity contribution in [1.29, 1.82) is 0 Å². The highest BCUT2D eigenvalue weighted by Gasteiger charge is 2.24. The van der Waals surface area contributed by atoms with E-state index in [1.54, 1.807) is 0 Å². The van der Waals surface area contributed by atoms with E-state index < -0.39 is 0 Å². The summed E-state index contributed by atoms with van der Waals surface area (Å²) in [5.74, 6) is 0. The van der Waals surface area contributed by atoms with Crippen LogP contribution >= 0.6 is 0 Å². The lowest BCUT2D eigenvalue weighted by molar-refractivity contribution is 0.223. The molecule has 0 aromatic carbocycles. The molecule has 0 spiro atoms. The third-order valence-electron chi connectivity index (χ3n) is 3.13. The minimum Gasteiger partial charge on any atom is -0.396 e. The number of aliphatic hydroxyl groups is 1. The number of nitrogens with one attached hydrogen (secondary N) is 2. The zero-order chi connectivity index (χ0) is 12.2. The Labute approximate surface area is 98.3 Å². The summed E-state index contributed by atoms with van der Waals surface area (Å²) >= 11 is 0. The first kappa shape index (κ1) is 13.3. The zero-order valence-corrected chi connectivity index (χ0v) is 10.8. The Morgan fingerprint density at radius 3 is 2.50 bits per heavy atom. The van der Waals surface area contributed by atoms with Gasteiger partial charge in [0.15, 0.2) is 0 Å². The van der Waals surface area contributed by atoms with E-state index in [0.717, 1.165) is 13.0 Å². The third-order valence-corrected chi connectivity index (χ3v) is 3.13. The summed E-state index contributed by atoms with van der Waals surface area (Å²) in [6, 6.07) is 2.11. The van der Waals surface area contributed by atoms with Crippen LogP contribution in [0, 0.1) is 0 Å². The van der Waals surface area contributed by atoms with Crippen molar-refractivity contribution in [2.45, 2.75) is 45.1 Å². The molecular formula is C13H24N2O. The van der Waals surface area contributed by atoms with Crippen molar-refractivity contribution in [2.75, 3.05) is 13.2 Å². The Bertz CT molecular complexity index is 302. The van der Waals surface area contributed by atoms with Crippen molar-refractivity contribution in [3.05, 3.63) is 24.0 Å². The van der Waals surface area contributed by atoms with E-state index in [-0.39, 0.29) is 17.6 Å². The quantitative estimate of drug-likeness (QED) is 0.692. The van der Waals surface area contributed by atoms with E-state index in [2.05, 4.69) is 44.1 Å². The van der Waals surface area contributed by atoms with Crippen LogP contribution in [0.3, 0.4) is 0 Å². The predicted molar refractivity (Wildman–Crippen MR) is 67.6 cm³/mol. The van der Waals surface area contributed by atoms with Crippen molar-refractivity contribution < 1.29 is 5.11 Å². The molecule has 92 valence electrons. The Kier molecular flexibility index (Phi) is 4.16. The molecule has 0 radical (unpaired) electrons. The lowest BCUT2D eigenvalue weighted by Gasteiger charge is -2.32. The molecule has 1 rings (SSSR count). The molecule has 0 saturated carbocycles. The van der Waals surface area contributed by atoms with Crippen molar-refractivity contribution in [3.8, 4) is 0 Å². The summed E-state index contributed by atoms with van der Waals surface area (Å²) in [5, 5.41) is 12.5. The Hall–Kier alpha value is -0.800. The smallest absolute Gasteiger partial charge is 0.0448 e. The van der Waals surface area contributed by atoms with E-state index in [0.29, 0.717) is 0 Å². The minimum absolute atomic E-state index is 0.0116. The largest absolute Gasteiger partial charge is 0.396 e. The molecule has 0 unspecified atom stereocenters. The standard InChI is InChI=1S/C13H24N2O/c1-12(2,11-5-7-14-9-11)10-15-13(3,4)6-8-16/h5,7,9,14-16H,6,8,10H2,1-4H3. The maximum atomic E-state index is 8.97. The number of H-pyrrole nitrogens is 1. The number of hydrogen-bond donors (Lipinski definition) is 3. The topological polar surface area (TPSA) is 48.0 Å². The summed E-state index contributed by atoms with van der Waals surface area (Å²) in [5.41, 5.74) is 1.40. The second-order valence-electron chi connectivity index (χ2n) is 5.69. The minimum atomic E-state index is -0.0116. The molecule has 3 heteroatoms. The van der Waals surface area contributed by atoms with Crippen molar-refractivity contribution in [2.24, 2.45) is 0 Å². The molecule has 0 fully saturated rings. The Morgan fingerprint density at radius 1 is 1.31 bits per heavy atom. The second-order valence-corrected chi connectivity index (χ2v) is 5.69. The van der Waals surface area contributed by atoms with Crippen LogP contribution in [0.4, 0.5) is 0 Å². The van der Waals surface area contributed by atoms with Gasteiger partial charge in [-0.1, -0.05) is 13.8 Å². The normalized spacial score (nSPS) is 13.1. The number of hydrogen-bond acceptors (Lipinski definition) is 2. The van der Waals surface area contributed by atoms with Gasteiger partial charge in [0, 0.05) is 36.5 Å². The van der Waals surface area contributed by atoms with Crippen LogP contribution in [-0.4, -0.2) is 28.8 Å². The molecule has 0 atom stereocenters. The van der Waals surface area contributed by atoms with Gasteiger partial charge in [0.25, 0.3) is 0 Å². The van der Waals surface area contributed by atoms with Crippen LogP contribution in [0.1, 0.15) is 39.7 Å². The first-order chi connectivity index (χ1) is 7.37. The van der Waals surface area contributed by atoms with Gasteiger partial charge in [-0.3, -0.25) is 0 Å². The van der Waals surface area contributed by atoms with Gasteiger partial charge >= 0.3 is 0 Å². The van der Waals surface area contributed by atoms with E-state index in [4.69, 9.17) is 5.11 Å². The predicted octanol–water partition coefficient (Wildman–Crippen LogP) is 2.04. The first-order valence-electron chi connectivity index (χ1n) is 5.86. The highest BCUT2D eigenvalue weighted by atomic mass is 16.3. The van der Waals surface area contributed by atoms with Gasteiger partial charge < -0.3 is 15.4 Å². The molecule has 0 amide bonds. The summed E-state index contributed by atoms with van der Waals surface area (Å²) in [4.78, 5) is 3.09. The van der Waals surface area contributed by atoms with Gasteiger partial charge in [-0.15, -0.1) is 0 Å². The van der Waals surface area contributed by atoms with Gasteiger partial charge in [0.2, 0.25) is 0 Å². The lowest BCUT2D eigenvalue weighted by atomic mass is 9.85. The highest BCUT2D eigenvalue weighted by Crippen LogP contribution is 2.22. The fraction of sp³-hybridized carbons (Fsp3) is 0.692. The van der Waals surface area contributed by atoms with Gasteiger partial charge in [0.1, 0.15) is 0 Å². The molecule has 1 aromatic heterocycles. The molecule has 0 aliphatic heterocycles. The van der Waals surface area contributed by atoms with Crippen molar-refractivity contribution >= 4 is 0 Å². The fourth-order valence-corrected chi connectivity index (χ4v) is 1.68. The Morgan fingerprint density at radius 2 is 2.00 bits per heavy atom. The number of aromatic amines is 1. The highest BCUT2D eigenvalue weighted by molar-refractivity contribution is 5.20. The zero-order valence-electron chi connectivity index (χ0n) is 10.8. The molecule has 1 heterocycles. The molecule has 0 aliphatic rings. The SMILES string of the molecule is CC(C)(CCO)NCC(C)(C)c1cc[nH]c1. The van der Waals surface area contributed by atoms with Crippen LogP contribution in [0.5, 0.6) is 0 Å². The van der Waals surface area contributed by atoms with Crippen LogP contribution in [0.25, 0.3) is 0 Å². The maximum absolute atomic E-state index is 8.97. The molecule has 3 nitrogen and oxygen atoms in total. The van der Waals surface area contributed by atoms with E-state index >= 15 is 0 Å². The van der Waals surface area contributed by atoms with Crippen LogP contribution < -0.4 is 5.32 Å². The number of aromatic nitrogens is 1. The molecular weight excluding hydrogens is 200 g/mol. The van der Waals surface area contributed by atoms with Crippen molar-refractivity contribution in [1.82, 2.24) is 10.3 Å². The van der Waals surface area contributed by atoms with E-state index in [1.807, 2.05) is 12.4 Å². The van der Waals surface area contributed by atoms with Gasteiger partial charge in [-0.2, -0.15) is 0 Å². The summed E-state index contributed by atoms with van der Waals surface area (Å²) in [6.45, 7) is 9.81. The average Bonchev–Trinajstić information content (AvgIpc) is 2.68. The molecule has 0 saturated heterocycles. The van der Waals surface area contributed by atoms with E-state index in [9.17, 15) is 0 Å². The summed E-state index contributed by atoms with van der Waals surface area (Å²) in [6.07, 6.45) is 4.77. The average molecular weight is 224 g/mol. The molecule has 3 N–H and O–H groups in total. The lowest BCUT2D eigenvalue weighted by Crippen LogP contribution is -2.46. The second kappa shape index (κ2) is 5.02. The van der Waals surface area contributed by atoms with E-state index in [1.165, 1.54) is 5.56 Å². The number of rotatable bonds is 6. The molecule has 0 aliphatic carbocycles. The molecule has 0 bridgehead atoms. The van der Waals surface area contributed by atoms with Gasteiger partial charge in [-0.05, 0) is 31.9 Å². The summed E-state index contributed by atoms with van der Waals surface area (Å²) < 4.78 is 0.